The Kier molecular flexibility index (Phi) is 4.88. The Morgan fingerprint density at radius 2 is 1.85 bits per heavy atom. The number of benzene rings is 2. The maximum atomic E-state index is 12.1. The van der Waals surface area contributed by atoms with Gasteiger partial charge in [0.15, 0.2) is 6.61 Å². The number of aromatic nitrogens is 2. The van der Waals surface area contributed by atoms with E-state index >= 15 is 0 Å². The van der Waals surface area contributed by atoms with Gasteiger partial charge in [0.05, 0.1) is 27.3 Å². The lowest BCUT2D eigenvalue weighted by atomic mass is 10.2. The number of rotatable bonds is 4. The van der Waals surface area contributed by atoms with Gasteiger partial charge in [-0.1, -0.05) is 23.2 Å². The van der Waals surface area contributed by atoms with Crippen molar-refractivity contribution in [2.24, 2.45) is 0 Å². The van der Waals surface area contributed by atoms with Gasteiger partial charge >= 0.3 is 11.7 Å². The van der Waals surface area contributed by atoms with Crippen molar-refractivity contribution >= 4 is 57.5 Å². The number of H-pyrrole nitrogens is 2. The van der Waals surface area contributed by atoms with Crippen LogP contribution in [0, 0.1) is 0 Å². The Bertz CT molecular complexity index is 1070. The Morgan fingerprint density at radius 3 is 2.62 bits per heavy atom. The van der Waals surface area contributed by atoms with Crippen molar-refractivity contribution in [1.82, 2.24) is 9.97 Å². The summed E-state index contributed by atoms with van der Waals surface area (Å²) in [6.45, 7) is -0.538. The summed E-state index contributed by atoms with van der Waals surface area (Å²) in [5, 5.41) is 2.88. The lowest BCUT2D eigenvalue weighted by Crippen LogP contribution is -2.21. The SMILES string of the molecule is Nc1c(Cl)cc(Cl)cc1C(=O)OCC(=O)Nc1ccc2[nH]c(=O)[nH]c2c1. The average molecular weight is 395 g/mol. The molecule has 0 bridgehead atoms. The lowest BCUT2D eigenvalue weighted by Gasteiger charge is -2.09. The third kappa shape index (κ3) is 3.81. The number of imidazole rings is 1. The van der Waals surface area contributed by atoms with Crippen molar-refractivity contribution in [3.63, 3.8) is 0 Å². The summed E-state index contributed by atoms with van der Waals surface area (Å²) in [4.78, 5) is 40.4. The molecule has 1 amide bonds. The Hall–Kier alpha value is -2.97. The fourth-order valence-electron chi connectivity index (χ4n) is 2.27. The molecule has 1 heterocycles. The molecule has 26 heavy (non-hydrogen) atoms. The molecular formula is C16H12Cl2N4O4. The van der Waals surface area contributed by atoms with E-state index in [1.165, 1.54) is 12.1 Å². The van der Waals surface area contributed by atoms with Crippen molar-refractivity contribution < 1.29 is 14.3 Å². The van der Waals surface area contributed by atoms with Gasteiger partial charge < -0.3 is 25.8 Å². The van der Waals surface area contributed by atoms with E-state index < -0.39 is 18.5 Å². The maximum absolute atomic E-state index is 12.1. The maximum Gasteiger partial charge on any atom is 0.340 e. The molecule has 1 aromatic heterocycles. The minimum Gasteiger partial charge on any atom is -0.452 e. The molecule has 0 unspecified atom stereocenters. The molecule has 0 saturated heterocycles. The minimum absolute atomic E-state index is 0.0170. The third-order valence-electron chi connectivity index (χ3n) is 3.45. The number of hydrogen-bond donors (Lipinski definition) is 4. The first-order chi connectivity index (χ1) is 12.3. The van der Waals surface area contributed by atoms with Crippen molar-refractivity contribution in [2.75, 3.05) is 17.7 Å². The first-order valence-electron chi connectivity index (χ1n) is 7.27. The number of nitrogens with two attached hydrogens (primary N) is 1. The van der Waals surface area contributed by atoms with Gasteiger partial charge in [0.25, 0.3) is 5.91 Å². The van der Waals surface area contributed by atoms with Crippen LogP contribution in [0.3, 0.4) is 0 Å². The number of halogens is 2. The van der Waals surface area contributed by atoms with Gasteiger partial charge in [-0.3, -0.25) is 4.79 Å². The second-order valence-corrected chi connectivity index (χ2v) is 6.16. The zero-order valence-corrected chi connectivity index (χ0v) is 14.6. The first-order valence-corrected chi connectivity index (χ1v) is 8.02. The van der Waals surface area contributed by atoms with Crippen LogP contribution in [0.2, 0.25) is 10.0 Å². The predicted octanol–water partition coefficient (Wildman–Crippen LogP) is 2.54. The standard InChI is InChI=1S/C16H12Cl2N4O4/c17-7-3-9(14(19)10(18)4-7)15(24)26-6-13(23)20-8-1-2-11-12(5-8)22-16(25)21-11/h1-5H,6,19H2,(H,20,23)(H2,21,22,25). The summed E-state index contributed by atoms with van der Waals surface area (Å²) in [5.74, 6) is -1.39. The monoisotopic (exact) mass is 394 g/mol. The molecule has 0 radical (unpaired) electrons. The number of nitrogens with one attached hydrogen (secondary N) is 3. The summed E-state index contributed by atoms with van der Waals surface area (Å²) < 4.78 is 4.93. The molecular weight excluding hydrogens is 383 g/mol. The number of fused-ring (bicyclic) bond motifs is 1. The summed E-state index contributed by atoms with van der Waals surface area (Å²) in [6.07, 6.45) is 0. The first kappa shape index (κ1) is 17.8. The van der Waals surface area contributed by atoms with Gasteiger partial charge in [-0.05, 0) is 30.3 Å². The fourth-order valence-corrected chi connectivity index (χ4v) is 2.76. The van der Waals surface area contributed by atoms with Crippen molar-refractivity contribution in [1.29, 1.82) is 0 Å². The molecule has 10 heteroatoms. The minimum atomic E-state index is -0.826. The van der Waals surface area contributed by atoms with Crippen LogP contribution in [0.5, 0.6) is 0 Å². The molecule has 0 saturated carbocycles. The van der Waals surface area contributed by atoms with Crippen LogP contribution in [0.25, 0.3) is 11.0 Å². The Morgan fingerprint density at radius 1 is 1.12 bits per heavy atom. The molecule has 2 aromatic carbocycles. The quantitative estimate of drug-likeness (QED) is 0.399. The molecule has 3 rings (SSSR count). The molecule has 0 aliphatic carbocycles. The highest BCUT2D eigenvalue weighted by molar-refractivity contribution is 6.37. The third-order valence-corrected chi connectivity index (χ3v) is 3.98. The highest BCUT2D eigenvalue weighted by Crippen LogP contribution is 2.28. The van der Waals surface area contributed by atoms with Crippen LogP contribution in [-0.4, -0.2) is 28.5 Å². The lowest BCUT2D eigenvalue weighted by molar-refractivity contribution is -0.119. The molecule has 3 aromatic rings. The number of hydrogen-bond acceptors (Lipinski definition) is 5. The topological polar surface area (TPSA) is 130 Å². The number of ether oxygens (including phenoxy) is 1. The van der Waals surface area contributed by atoms with E-state index in [-0.39, 0.29) is 27.0 Å². The normalized spacial score (nSPS) is 10.7. The summed E-state index contributed by atoms with van der Waals surface area (Å²) >= 11 is 11.7. The molecule has 134 valence electrons. The molecule has 0 aliphatic heterocycles. The number of esters is 1. The van der Waals surface area contributed by atoms with Gasteiger partial charge in [-0.2, -0.15) is 0 Å². The largest absolute Gasteiger partial charge is 0.452 e. The van der Waals surface area contributed by atoms with Crippen LogP contribution < -0.4 is 16.7 Å². The van der Waals surface area contributed by atoms with E-state index in [4.69, 9.17) is 33.7 Å². The zero-order valence-electron chi connectivity index (χ0n) is 13.1. The van der Waals surface area contributed by atoms with Gasteiger partial charge in [0.1, 0.15) is 0 Å². The molecule has 5 N–H and O–H groups in total. The van der Waals surface area contributed by atoms with E-state index in [0.29, 0.717) is 16.7 Å². The van der Waals surface area contributed by atoms with Crippen LogP contribution in [0.1, 0.15) is 10.4 Å². The number of carbonyl (C=O) groups excluding carboxylic acids is 2. The van der Waals surface area contributed by atoms with E-state index in [9.17, 15) is 14.4 Å². The number of anilines is 2. The Balaban J connectivity index is 1.64. The molecule has 0 aliphatic rings. The van der Waals surface area contributed by atoms with Crippen molar-refractivity contribution in [2.45, 2.75) is 0 Å². The van der Waals surface area contributed by atoms with Crippen LogP contribution >= 0.6 is 23.2 Å². The number of amides is 1. The van der Waals surface area contributed by atoms with Gasteiger partial charge in [0.2, 0.25) is 0 Å². The second kappa shape index (κ2) is 7.11. The smallest absolute Gasteiger partial charge is 0.340 e. The van der Waals surface area contributed by atoms with Crippen LogP contribution in [-0.2, 0) is 9.53 Å². The van der Waals surface area contributed by atoms with Crippen molar-refractivity contribution in [3.8, 4) is 0 Å². The summed E-state index contributed by atoms with van der Waals surface area (Å²) in [5.41, 5.74) is 6.92. The highest BCUT2D eigenvalue weighted by Gasteiger charge is 2.16. The Labute approximate surface area is 156 Å². The van der Waals surface area contributed by atoms with E-state index in [1.807, 2.05) is 0 Å². The second-order valence-electron chi connectivity index (χ2n) is 5.31. The van der Waals surface area contributed by atoms with Gasteiger partial charge in [0, 0.05) is 10.7 Å². The molecule has 0 atom stereocenters. The highest BCUT2D eigenvalue weighted by atomic mass is 35.5. The average Bonchev–Trinajstić information content (AvgIpc) is 2.95. The summed E-state index contributed by atoms with van der Waals surface area (Å²) in [7, 11) is 0. The molecule has 8 nitrogen and oxygen atoms in total. The van der Waals surface area contributed by atoms with E-state index in [0.717, 1.165) is 0 Å². The number of carbonyl (C=O) groups is 2. The van der Waals surface area contributed by atoms with Gasteiger partial charge in [-0.15, -0.1) is 0 Å². The van der Waals surface area contributed by atoms with Crippen LogP contribution in [0.4, 0.5) is 11.4 Å². The zero-order chi connectivity index (χ0) is 18.8. The van der Waals surface area contributed by atoms with Gasteiger partial charge in [-0.25, -0.2) is 9.59 Å². The number of aromatic amines is 2. The van der Waals surface area contributed by atoms with Crippen molar-refractivity contribution in [3.05, 3.63) is 56.4 Å². The van der Waals surface area contributed by atoms with E-state index in [2.05, 4.69) is 15.3 Å². The fraction of sp³-hybridized carbons (Fsp3) is 0.0625. The predicted molar refractivity (Wildman–Crippen MR) is 98.7 cm³/mol. The van der Waals surface area contributed by atoms with E-state index in [1.54, 1.807) is 18.2 Å². The molecule has 0 fully saturated rings. The summed E-state index contributed by atoms with van der Waals surface area (Å²) in [6, 6.07) is 7.49. The molecule has 0 spiro atoms. The number of nitrogen functional groups attached to an aromatic ring is 1. The van der Waals surface area contributed by atoms with Crippen LogP contribution in [0.15, 0.2) is 35.1 Å².